The van der Waals surface area contributed by atoms with Gasteiger partial charge in [-0.25, -0.2) is 4.90 Å². The standard InChI is InChI=1S/C40H32ClN3O8/c41-24-9-6-10-27(21-24)43-37(47)32-22-31-28(17-18-30-34(31)38(48)42(36(30)46)25-13-15-26(16-14-25)44(50)51)35(29-11-4-5-12-33(29)52-20-19-45)40(32,39(43)49)23-7-2-1-3-8-23/h1-17,21,30-32,34-35,45H,18-20,22H2/t30-,31+,32-,34-,35+,40+/m0/s1. The number of amides is 4. The second-order valence-electron chi connectivity index (χ2n) is 13.5. The van der Waals surface area contributed by atoms with Crippen molar-refractivity contribution in [3.05, 3.63) is 141 Å². The van der Waals surface area contributed by atoms with E-state index in [2.05, 4.69) is 0 Å². The van der Waals surface area contributed by atoms with Crippen LogP contribution in [0.2, 0.25) is 5.02 Å². The number of nitro benzene ring substituents is 1. The first kappa shape index (κ1) is 33.5. The van der Waals surface area contributed by atoms with Crippen molar-refractivity contribution in [2.75, 3.05) is 23.0 Å². The third-order valence-corrected chi connectivity index (χ3v) is 11.3. The number of imide groups is 2. The average molecular weight is 718 g/mol. The van der Waals surface area contributed by atoms with Crippen LogP contribution in [0.15, 0.2) is 115 Å². The lowest BCUT2D eigenvalue weighted by Gasteiger charge is -2.51. The molecule has 0 spiro atoms. The summed E-state index contributed by atoms with van der Waals surface area (Å²) in [7, 11) is 0. The van der Waals surface area contributed by atoms with Crippen molar-refractivity contribution in [1.29, 1.82) is 0 Å². The number of hydrogen-bond acceptors (Lipinski definition) is 8. The maximum absolute atomic E-state index is 15.4. The molecule has 0 bridgehead atoms. The maximum atomic E-state index is 15.4. The fraction of sp³-hybridized carbons (Fsp3) is 0.250. The minimum atomic E-state index is -1.49. The van der Waals surface area contributed by atoms with Crippen LogP contribution in [0, 0.1) is 33.8 Å². The molecule has 2 aliphatic carbocycles. The van der Waals surface area contributed by atoms with Gasteiger partial charge in [0.05, 0.1) is 46.1 Å². The molecule has 2 saturated heterocycles. The number of nitrogens with zero attached hydrogens (tertiary/aromatic N) is 3. The number of nitro groups is 1. The molecule has 2 heterocycles. The van der Waals surface area contributed by atoms with E-state index in [-0.39, 0.29) is 37.4 Å². The number of hydrogen-bond donors (Lipinski definition) is 1. The monoisotopic (exact) mass is 717 g/mol. The molecule has 11 nitrogen and oxygen atoms in total. The minimum Gasteiger partial charge on any atom is -0.491 e. The number of aliphatic hydroxyl groups is 1. The molecule has 1 N–H and O–H groups in total. The summed E-state index contributed by atoms with van der Waals surface area (Å²) in [5.41, 5.74) is 0.865. The zero-order valence-electron chi connectivity index (χ0n) is 27.6. The SMILES string of the molecule is O=C1[C@H]2[C@H](CC=C3[C@H]2C[C@H]2C(=O)N(c4cccc(Cl)c4)C(=O)[C@@]2(c2ccccc2)[C@H]3c2ccccc2OCCO)C(=O)N1c1ccc([N+](=O)[O-])cc1. The van der Waals surface area contributed by atoms with Crippen LogP contribution in [0.1, 0.15) is 29.9 Å². The number of fused-ring (bicyclic) bond motifs is 4. The third-order valence-electron chi connectivity index (χ3n) is 11.1. The van der Waals surface area contributed by atoms with Gasteiger partial charge in [-0.2, -0.15) is 0 Å². The number of carbonyl (C=O) groups is 4. The summed E-state index contributed by atoms with van der Waals surface area (Å²) >= 11 is 6.39. The highest BCUT2D eigenvalue weighted by Crippen LogP contribution is 2.65. The molecule has 1 saturated carbocycles. The van der Waals surface area contributed by atoms with Gasteiger partial charge in [0, 0.05) is 28.6 Å². The summed E-state index contributed by atoms with van der Waals surface area (Å²) in [5, 5.41) is 21.4. The molecule has 4 amide bonds. The van der Waals surface area contributed by atoms with E-state index in [1.54, 1.807) is 36.4 Å². The van der Waals surface area contributed by atoms with E-state index < -0.39 is 63.6 Å². The molecule has 3 fully saturated rings. The molecule has 0 radical (unpaired) electrons. The van der Waals surface area contributed by atoms with Crippen molar-refractivity contribution in [1.82, 2.24) is 0 Å². The molecular weight excluding hydrogens is 686 g/mol. The van der Waals surface area contributed by atoms with Crippen LogP contribution in [0.3, 0.4) is 0 Å². The van der Waals surface area contributed by atoms with Gasteiger partial charge in [0.1, 0.15) is 12.4 Å². The molecule has 52 heavy (non-hydrogen) atoms. The topological polar surface area (TPSA) is 147 Å². The normalized spacial score (nSPS) is 26.5. The Hall–Kier alpha value is -5.65. The summed E-state index contributed by atoms with van der Waals surface area (Å²) in [5.74, 6) is -5.34. The van der Waals surface area contributed by atoms with Crippen molar-refractivity contribution < 1.29 is 33.9 Å². The van der Waals surface area contributed by atoms with Gasteiger partial charge in [-0.05, 0) is 60.7 Å². The van der Waals surface area contributed by atoms with Crippen molar-refractivity contribution in [3.63, 3.8) is 0 Å². The number of aliphatic hydroxyl groups excluding tert-OH is 1. The number of anilines is 2. The maximum Gasteiger partial charge on any atom is 0.269 e. The van der Waals surface area contributed by atoms with Crippen molar-refractivity contribution in [2.24, 2.45) is 23.7 Å². The summed E-state index contributed by atoms with van der Waals surface area (Å²) in [6.45, 7) is -0.271. The molecule has 0 unspecified atom stereocenters. The Balaban J connectivity index is 1.33. The van der Waals surface area contributed by atoms with Gasteiger partial charge in [0.25, 0.3) is 5.69 Å². The van der Waals surface area contributed by atoms with E-state index >= 15 is 4.79 Å². The Bertz CT molecular complexity index is 2170. The fourth-order valence-electron chi connectivity index (χ4n) is 9.07. The molecule has 262 valence electrons. The number of benzene rings is 4. The second-order valence-corrected chi connectivity index (χ2v) is 13.9. The molecule has 8 rings (SSSR count). The number of rotatable bonds is 8. The first-order valence-corrected chi connectivity index (χ1v) is 17.4. The third kappa shape index (κ3) is 4.91. The zero-order valence-corrected chi connectivity index (χ0v) is 28.4. The number of non-ortho nitro benzene ring substituents is 1. The van der Waals surface area contributed by atoms with E-state index in [0.29, 0.717) is 27.6 Å². The molecule has 4 aromatic carbocycles. The predicted molar refractivity (Wildman–Crippen MR) is 191 cm³/mol. The first-order chi connectivity index (χ1) is 25.2. The minimum absolute atomic E-state index is 0.0165. The quantitative estimate of drug-likeness (QED) is 0.101. The summed E-state index contributed by atoms with van der Waals surface area (Å²) in [6.07, 6.45) is 2.26. The molecule has 12 heteroatoms. The average Bonchev–Trinajstić information content (AvgIpc) is 3.55. The van der Waals surface area contributed by atoms with Crippen LogP contribution in [-0.2, 0) is 24.6 Å². The number of halogens is 1. The summed E-state index contributed by atoms with van der Waals surface area (Å²) in [4.78, 5) is 71.9. The van der Waals surface area contributed by atoms with Gasteiger partial charge >= 0.3 is 0 Å². The lowest BCUT2D eigenvalue weighted by atomic mass is 9.49. The van der Waals surface area contributed by atoms with Gasteiger partial charge in [-0.3, -0.25) is 34.2 Å². The lowest BCUT2D eigenvalue weighted by Crippen LogP contribution is -2.53. The molecule has 6 atom stereocenters. The largest absolute Gasteiger partial charge is 0.491 e. The predicted octanol–water partition coefficient (Wildman–Crippen LogP) is 5.99. The zero-order chi connectivity index (χ0) is 36.3. The van der Waals surface area contributed by atoms with Gasteiger partial charge in [0.15, 0.2) is 0 Å². The molecule has 4 aromatic rings. The van der Waals surface area contributed by atoms with Gasteiger partial charge < -0.3 is 9.84 Å². The van der Waals surface area contributed by atoms with E-state index in [9.17, 15) is 29.6 Å². The Morgan fingerprint density at radius 1 is 0.827 bits per heavy atom. The Kier molecular flexibility index (Phi) is 8.27. The molecular formula is C40H32ClN3O8. The molecule has 4 aliphatic rings. The van der Waals surface area contributed by atoms with Crippen LogP contribution in [0.5, 0.6) is 5.75 Å². The number of allylic oxidation sites excluding steroid dienone is 2. The van der Waals surface area contributed by atoms with Crippen molar-refractivity contribution >= 4 is 52.3 Å². The number of carbonyl (C=O) groups excluding carboxylic acids is 4. The number of ether oxygens (including phenoxy) is 1. The van der Waals surface area contributed by atoms with Crippen LogP contribution >= 0.6 is 11.6 Å². The Morgan fingerprint density at radius 2 is 1.56 bits per heavy atom. The van der Waals surface area contributed by atoms with Gasteiger partial charge in [-0.15, -0.1) is 0 Å². The fourth-order valence-corrected chi connectivity index (χ4v) is 9.26. The van der Waals surface area contributed by atoms with Crippen LogP contribution in [0.25, 0.3) is 0 Å². The highest BCUT2D eigenvalue weighted by Gasteiger charge is 2.70. The highest BCUT2D eigenvalue weighted by molar-refractivity contribution is 6.32. The first-order valence-electron chi connectivity index (χ1n) is 17.0. The summed E-state index contributed by atoms with van der Waals surface area (Å²) in [6, 6.07) is 28.2. The van der Waals surface area contributed by atoms with Crippen LogP contribution in [-0.4, -0.2) is 46.9 Å². The molecule has 2 aliphatic heterocycles. The smallest absolute Gasteiger partial charge is 0.269 e. The number of para-hydroxylation sites is 1. The van der Waals surface area contributed by atoms with E-state index in [1.807, 2.05) is 48.5 Å². The van der Waals surface area contributed by atoms with E-state index in [0.717, 1.165) is 10.5 Å². The van der Waals surface area contributed by atoms with Gasteiger partial charge in [-0.1, -0.05) is 77.8 Å². The Morgan fingerprint density at radius 3 is 2.27 bits per heavy atom. The van der Waals surface area contributed by atoms with E-state index in [4.69, 9.17) is 16.3 Å². The lowest BCUT2D eigenvalue weighted by molar-refractivity contribution is -0.384. The van der Waals surface area contributed by atoms with E-state index in [1.165, 1.54) is 29.2 Å². The highest BCUT2D eigenvalue weighted by atomic mass is 35.5. The van der Waals surface area contributed by atoms with Crippen LogP contribution in [0.4, 0.5) is 17.1 Å². The van der Waals surface area contributed by atoms with Crippen molar-refractivity contribution in [3.8, 4) is 5.75 Å². The second kappa shape index (κ2) is 12.8. The van der Waals surface area contributed by atoms with Crippen LogP contribution < -0.4 is 14.5 Å². The van der Waals surface area contributed by atoms with Crippen molar-refractivity contribution in [2.45, 2.75) is 24.2 Å². The molecule has 0 aromatic heterocycles. The van der Waals surface area contributed by atoms with Gasteiger partial charge in [0.2, 0.25) is 23.6 Å². The summed E-state index contributed by atoms with van der Waals surface area (Å²) < 4.78 is 6.08. The Labute approximate surface area is 303 Å².